The number of nitrogens with one attached hydrogen (secondary N) is 1. The largest absolute Gasteiger partial charge is 0.496 e. The fraction of sp³-hybridized carbons (Fsp3) is 0.600. The number of aliphatic hydroxyl groups is 2. The lowest BCUT2D eigenvalue weighted by Crippen LogP contribution is -2.33. The van der Waals surface area contributed by atoms with Crippen molar-refractivity contribution in [2.24, 2.45) is 5.92 Å². The molecule has 0 saturated carbocycles. The Kier molecular flexibility index (Phi) is 6.28. The van der Waals surface area contributed by atoms with Crippen molar-refractivity contribution >= 4 is 0 Å². The standard InChI is InChI=1S/C15H25NO3/c1-10(2)13(17)8-16-9-14(18)12-7-11(3)5-6-15(12)19-4/h5-7,10,13-14,16-18H,8-9H2,1-4H3. The summed E-state index contributed by atoms with van der Waals surface area (Å²) in [6.07, 6.45) is -1.04. The van der Waals surface area contributed by atoms with Crippen molar-refractivity contribution in [2.75, 3.05) is 20.2 Å². The van der Waals surface area contributed by atoms with E-state index in [0.29, 0.717) is 18.8 Å². The molecule has 0 aliphatic carbocycles. The molecule has 2 atom stereocenters. The molecule has 0 bridgehead atoms. The first-order valence-electron chi connectivity index (χ1n) is 6.67. The normalized spacial score (nSPS) is 14.5. The number of benzene rings is 1. The summed E-state index contributed by atoms with van der Waals surface area (Å²) < 4.78 is 5.25. The van der Waals surface area contributed by atoms with Crippen LogP contribution in [-0.2, 0) is 0 Å². The van der Waals surface area contributed by atoms with E-state index in [1.807, 2.05) is 39.0 Å². The number of hydrogen-bond donors (Lipinski definition) is 3. The van der Waals surface area contributed by atoms with Gasteiger partial charge in [0.05, 0.1) is 19.3 Å². The van der Waals surface area contributed by atoms with Crippen molar-refractivity contribution in [1.82, 2.24) is 5.32 Å². The minimum Gasteiger partial charge on any atom is -0.496 e. The van der Waals surface area contributed by atoms with Crippen LogP contribution >= 0.6 is 0 Å². The molecular formula is C15H25NO3. The summed E-state index contributed by atoms with van der Waals surface area (Å²) in [5, 5.41) is 23.0. The van der Waals surface area contributed by atoms with Crippen LogP contribution in [0.2, 0.25) is 0 Å². The van der Waals surface area contributed by atoms with Gasteiger partial charge in [0.25, 0.3) is 0 Å². The van der Waals surface area contributed by atoms with Gasteiger partial charge in [0.1, 0.15) is 5.75 Å². The van der Waals surface area contributed by atoms with E-state index >= 15 is 0 Å². The van der Waals surface area contributed by atoms with Crippen LogP contribution in [0, 0.1) is 12.8 Å². The summed E-state index contributed by atoms with van der Waals surface area (Å²) in [6.45, 7) is 6.77. The molecular weight excluding hydrogens is 242 g/mol. The van der Waals surface area contributed by atoms with Crippen molar-refractivity contribution < 1.29 is 14.9 Å². The summed E-state index contributed by atoms with van der Waals surface area (Å²) >= 11 is 0. The van der Waals surface area contributed by atoms with E-state index in [0.717, 1.165) is 11.1 Å². The molecule has 0 aliphatic rings. The van der Waals surface area contributed by atoms with Crippen LogP contribution in [0.4, 0.5) is 0 Å². The second kappa shape index (κ2) is 7.48. The van der Waals surface area contributed by atoms with Gasteiger partial charge in [-0.25, -0.2) is 0 Å². The number of aliphatic hydroxyl groups excluding tert-OH is 2. The van der Waals surface area contributed by atoms with E-state index in [1.54, 1.807) is 7.11 Å². The first-order valence-corrected chi connectivity index (χ1v) is 6.67. The lowest BCUT2D eigenvalue weighted by atomic mass is 10.0. The smallest absolute Gasteiger partial charge is 0.124 e. The molecule has 0 aromatic heterocycles. The Morgan fingerprint density at radius 2 is 1.89 bits per heavy atom. The highest BCUT2D eigenvalue weighted by molar-refractivity contribution is 5.38. The summed E-state index contributed by atoms with van der Waals surface area (Å²) in [4.78, 5) is 0. The quantitative estimate of drug-likeness (QED) is 0.703. The zero-order valence-corrected chi connectivity index (χ0v) is 12.2. The average Bonchev–Trinajstić information content (AvgIpc) is 2.38. The summed E-state index contributed by atoms with van der Waals surface area (Å²) in [6, 6.07) is 5.73. The van der Waals surface area contributed by atoms with Crippen LogP contribution in [0.1, 0.15) is 31.1 Å². The van der Waals surface area contributed by atoms with Crippen molar-refractivity contribution in [1.29, 1.82) is 0 Å². The SMILES string of the molecule is COc1ccc(C)cc1C(O)CNCC(O)C(C)C. The molecule has 4 nitrogen and oxygen atoms in total. The molecule has 0 heterocycles. The summed E-state index contributed by atoms with van der Waals surface area (Å²) in [7, 11) is 1.59. The number of rotatable bonds is 7. The Morgan fingerprint density at radius 1 is 1.21 bits per heavy atom. The maximum atomic E-state index is 10.2. The molecule has 108 valence electrons. The second-order valence-corrected chi connectivity index (χ2v) is 5.23. The van der Waals surface area contributed by atoms with Gasteiger partial charge in [0.15, 0.2) is 0 Å². The number of methoxy groups -OCH3 is 1. The van der Waals surface area contributed by atoms with Gasteiger partial charge in [-0.15, -0.1) is 0 Å². The highest BCUT2D eigenvalue weighted by atomic mass is 16.5. The molecule has 0 amide bonds. The molecule has 0 spiro atoms. The van der Waals surface area contributed by atoms with Gasteiger partial charge in [0.2, 0.25) is 0 Å². The Morgan fingerprint density at radius 3 is 2.47 bits per heavy atom. The van der Waals surface area contributed by atoms with Gasteiger partial charge in [-0.05, 0) is 25.0 Å². The predicted octanol–water partition coefficient (Wildman–Crippen LogP) is 1.64. The van der Waals surface area contributed by atoms with Crippen LogP contribution in [0.3, 0.4) is 0 Å². The van der Waals surface area contributed by atoms with Crippen molar-refractivity contribution in [3.05, 3.63) is 29.3 Å². The maximum Gasteiger partial charge on any atom is 0.124 e. The third-order valence-corrected chi connectivity index (χ3v) is 3.20. The topological polar surface area (TPSA) is 61.7 Å². The molecule has 1 aromatic carbocycles. The molecule has 4 heteroatoms. The molecule has 19 heavy (non-hydrogen) atoms. The van der Waals surface area contributed by atoms with E-state index in [2.05, 4.69) is 5.32 Å². The van der Waals surface area contributed by atoms with E-state index < -0.39 is 12.2 Å². The molecule has 2 unspecified atom stereocenters. The van der Waals surface area contributed by atoms with E-state index in [-0.39, 0.29) is 5.92 Å². The number of aryl methyl sites for hydroxylation is 1. The Balaban J connectivity index is 2.58. The molecule has 0 radical (unpaired) electrons. The van der Waals surface area contributed by atoms with E-state index in [4.69, 9.17) is 4.74 Å². The highest BCUT2D eigenvalue weighted by Gasteiger charge is 2.14. The first-order chi connectivity index (χ1) is 8.95. The Bertz CT molecular complexity index is 393. The molecule has 1 rings (SSSR count). The predicted molar refractivity (Wildman–Crippen MR) is 76.4 cm³/mol. The zero-order chi connectivity index (χ0) is 14.4. The number of ether oxygens (including phenoxy) is 1. The van der Waals surface area contributed by atoms with Gasteiger partial charge in [-0.3, -0.25) is 0 Å². The molecule has 0 fully saturated rings. The molecule has 1 aromatic rings. The lowest BCUT2D eigenvalue weighted by molar-refractivity contribution is 0.113. The minimum absolute atomic E-state index is 0.207. The third kappa shape index (κ3) is 4.82. The maximum absolute atomic E-state index is 10.2. The average molecular weight is 267 g/mol. The first kappa shape index (κ1) is 16.0. The van der Waals surface area contributed by atoms with Crippen LogP contribution in [0.5, 0.6) is 5.75 Å². The van der Waals surface area contributed by atoms with Gasteiger partial charge in [0, 0.05) is 18.7 Å². The Hall–Kier alpha value is -1.10. The van der Waals surface area contributed by atoms with Crippen molar-refractivity contribution in [3.8, 4) is 5.75 Å². The van der Waals surface area contributed by atoms with Gasteiger partial charge < -0.3 is 20.3 Å². The number of hydrogen-bond acceptors (Lipinski definition) is 4. The van der Waals surface area contributed by atoms with Crippen LogP contribution in [-0.4, -0.2) is 36.5 Å². The van der Waals surface area contributed by atoms with Crippen LogP contribution in [0.25, 0.3) is 0 Å². The summed E-state index contributed by atoms with van der Waals surface area (Å²) in [5.41, 5.74) is 1.85. The van der Waals surface area contributed by atoms with Crippen LogP contribution < -0.4 is 10.1 Å². The van der Waals surface area contributed by atoms with Gasteiger partial charge >= 0.3 is 0 Å². The van der Waals surface area contributed by atoms with Gasteiger partial charge in [-0.2, -0.15) is 0 Å². The molecule has 0 saturated heterocycles. The van der Waals surface area contributed by atoms with Gasteiger partial charge in [-0.1, -0.05) is 25.5 Å². The van der Waals surface area contributed by atoms with E-state index in [9.17, 15) is 10.2 Å². The van der Waals surface area contributed by atoms with E-state index in [1.165, 1.54) is 0 Å². The van der Waals surface area contributed by atoms with Crippen molar-refractivity contribution in [3.63, 3.8) is 0 Å². The zero-order valence-electron chi connectivity index (χ0n) is 12.2. The van der Waals surface area contributed by atoms with Crippen LogP contribution in [0.15, 0.2) is 18.2 Å². The lowest BCUT2D eigenvalue weighted by Gasteiger charge is -2.19. The minimum atomic E-state index is -0.644. The monoisotopic (exact) mass is 267 g/mol. The Labute approximate surface area is 115 Å². The highest BCUT2D eigenvalue weighted by Crippen LogP contribution is 2.25. The summed E-state index contributed by atoms with van der Waals surface area (Å²) in [5.74, 6) is 0.891. The second-order valence-electron chi connectivity index (χ2n) is 5.23. The molecule has 3 N–H and O–H groups in total. The third-order valence-electron chi connectivity index (χ3n) is 3.20. The van der Waals surface area contributed by atoms with Crippen molar-refractivity contribution in [2.45, 2.75) is 33.0 Å². The molecule has 0 aliphatic heterocycles. The fourth-order valence-corrected chi connectivity index (χ4v) is 1.83. The fourth-order valence-electron chi connectivity index (χ4n) is 1.83.